The average molecular weight is 347 g/mol. The van der Waals surface area contributed by atoms with Crippen molar-refractivity contribution < 1.29 is 5.11 Å². The molecule has 1 aromatic heterocycles. The van der Waals surface area contributed by atoms with E-state index in [4.69, 9.17) is 17.3 Å². The molecule has 0 unspecified atom stereocenters. The second-order valence-electron chi connectivity index (χ2n) is 5.95. The SMILES string of the molecule is CCNC(=S)N(CCCO)Cc1cc2c(C)ccc(C)c2[nH]c1=O. The van der Waals surface area contributed by atoms with E-state index in [2.05, 4.69) is 16.4 Å². The summed E-state index contributed by atoms with van der Waals surface area (Å²) in [5, 5.41) is 13.9. The Morgan fingerprint density at radius 1 is 1.33 bits per heavy atom. The molecule has 0 aliphatic rings. The quantitative estimate of drug-likeness (QED) is 0.699. The van der Waals surface area contributed by atoms with Crippen LogP contribution in [-0.4, -0.2) is 39.8 Å². The maximum Gasteiger partial charge on any atom is 0.253 e. The van der Waals surface area contributed by atoms with Gasteiger partial charge in [-0.15, -0.1) is 0 Å². The van der Waals surface area contributed by atoms with Crippen LogP contribution in [0.5, 0.6) is 0 Å². The molecule has 6 heteroatoms. The lowest BCUT2D eigenvalue weighted by atomic mass is 10.0. The predicted octanol–water partition coefficient (Wildman–Crippen LogP) is 2.22. The first kappa shape index (κ1) is 18.4. The van der Waals surface area contributed by atoms with E-state index < -0.39 is 0 Å². The third-order valence-corrected chi connectivity index (χ3v) is 4.49. The lowest BCUT2D eigenvalue weighted by molar-refractivity contribution is 0.264. The van der Waals surface area contributed by atoms with E-state index in [-0.39, 0.29) is 12.2 Å². The van der Waals surface area contributed by atoms with Crippen molar-refractivity contribution in [1.29, 1.82) is 0 Å². The number of H-pyrrole nitrogens is 1. The summed E-state index contributed by atoms with van der Waals surface area (Å²) in [5.41, 5.74) is 3.66. The van der Waals surface area contributed by atoms with Crippen LogP contribution < -0.4 is 10.9 Å². The van der Waals surface area contributed by atoms with E-state index in [9.17, 15) is 4.79 Å². The van der Waals surface area contributed by atoms with Gasteiger partial charge in [0, 0.05) is 30.6 Å². The summed E-state index contributed by atoms with van der Waals surface area (Å²) < 4.78 is 0. The Balaban J connectivity index is 2.39. The second kappa shape index (κ2) is 8.26. The third kappa shape index (κ3) is 4.13. The number of thiocarbonyl (C=S) groups is 1. The van der Waals surface area contributed by atoms with Crippen molar-refractivity contribution in [3.63, 3.8) is 0 Å². The number of aromatic nitrogens is 1. The minimum Gasteiger partial charge on any atom is -0.396 e. The highest BCUT2D eigenvalue weighted by Gasteiger charge is 2.13. The topological polar surface area (TPSA) is 68.4 Å². The molecule has 0 aliphatic carbocycles. The van der Waals surface area contributed by atoms with Crippen LogP contribution in [-0.2, 0) is 6.54 Å². The number of pyridine rings is 1. The van der Waals surface area contributed by atoms with Crippen LogP contribution in [0.25, 0.3) is 10.9 Å². The molecule has 0 amide bonds. The minimum atomic E-state index is -0.0931. The van der Waals surface area contributed by atoms with Crippen LogP contribution in [0, 0.1) is 13.8 Å². The number of aliphatic hydroxyl groups is 1. The molecule has 0 bridgehead atoms. The zero-order valence-electron chi connectivity index (χ0n) is 14.5. The monoisotopic (exact) mass is 347 g/mol. The largest absolute Gasteiger partial charge is 0.396 e. The average Bonchev–Trinajstić information content (AvgIpc) is 2.56. The molecule has 130 valence electrons. The zero-order chi connectivity index (χ0) is 17.7. The van der Waals surface area contributed by atoms with Gasteiger partial charge in [-0.1, -0.05) is 12.1 Å². The summed E-state index contributed by atoms with van der Waals surface area (Å²) in [4.78, 5) is 17.4. The predicted molar refractivity (Wildman–Crippen MR) is 102 cm³/mol. The van der Waals surface area contributed by atoms with Crippen molar-refractivity contribution in [2.75, 3.05) is 19.7 Å². The number of hydrogen-bond donors (Lipinski definition) is 3. The third-order valence-electron chi connectivity index (χ3n) is 4.08. The summed E-state index contributed by atoms with van der Waals surface area (Å²) in [6, 6.07) is 6.03. The Hall–Kier alpha value is -1.92. The zero-order valence-corrected chi connectivity index (χ0v) is 15.3. The Bertz CT molecular complexity index is 786. The van der Waals surface area contributed by atoms with Crippen molar-refractivity contribution in [3.05, 3.63) is 45.2 Å². The van der Waals surface area contributed by atoms with E-state index in [0.29, 0.717) is 30.2 Å². The number of rotatable bonds is 6. The van der Waals surface area contributed by atoms with Gasteiger partial charge in [0.25, 0.3) is 5.56 Å². The van der Waals surface area contributed by atoms with Crippen LogP contribution in [0.1, 0.15) is 30.0 Å². The molecule has 0 aliphatic heterocycles. The highest BCUT2D eigenvalue weighted by molar-refractivity contribution is 7.80. The molecular formula is C18H25N3O2S. The number of hydrogen-bond acceptors (Lipinski definition) is 3. The smallest absolute Gasteiger partial charge is 0.253 e. The molecule has 0 saturated carbocycles. The van der Waals surface area contributed by atoms with Gasteiger partial charge in [-0.3, -0.25) is 4.79 Å². The Morgan fingerprint density at radius 2 is 2.04 bits per heavy atom. The van der Waals surface area contributed by atoms with Crippen molar-refractivity contribution in [2.45, 2.75) is 33.7 Å². The molecule has 2 aromatic rings. The van der Waals surface area contributed by atoms with Crippen molar-refractivity contribution >= 4 is 28.2 Å². The molecular weight excluding hydrogens is 322 g/mol. The number of fused-ring (bicyclic) bond motifs is 1. The van der Waals surface area contributed by atoms with Gasteiger partial charge < -0.3 is 20.3 Å². The van der Waals surface area contributed by atoms with Gasteiger partial charge in [-0.25, -0.2) is 0 Å². The highest BCUT2D eigenvalue weighted by atomic mass is 32.1. The van der Waals surface area contributed by atoms with Crippen molar-refractivity contribution in [3.8, 4) is 0 Å². The molecule has 1 heterocycles. The summed E-state index contributed by atoms with van der Waals surface area (Å²) in [5.74, 6) is 0. The van der Waals surface area contributed by atoms with Crippen molar-refractivity contribution in [1.82, 2.24) is 15.2 Å². The number of aromatic amines is 1. The Morgan fingerprint density at radius 3 is 2.71 bits per heavy atom. The van der Waals surface area contributed by atoms with Crippen molar-refractivity contribution in [2.24, 2.45) is 0 Å². The molecule has 5 nitrogen and oxygen atoms in total. The fraction of sp³-hybridized carbons (Fsp3) is 0.444. The van der Waals surface area contributed by atoms with Crippen LogP contribution in [0.4, 0.5) is 0 Å². The number of benzene rings is 1. The molecule has 24 heavy (non-hydrogen) atoms. The lowest BCUT2D eigenvalue weighted by Crippen LogP contribution is -2.41. The van der Waals surface area contributed by atoms with E-state index in [1.54, 1.807) is 0 Å². The maximum atomic E-state index is 12.5. The number of nitrogens with one attached hydrogen (secondary N) is 2. The van der Waals surface area contributed by atoms with Gasteiger partial charge in [0.1, 0.15) is 0 Å². The molecule has 0 spiro atoms. The minimum absolute atomic E-state index is 0.0931. The Labute approximate surface area is 147 Å². The van der Waals surface area contributed by atoms with Crippen LogP contribution in [0.2, 0.25) is 0 Å². The molecule has 0 atom stereocenters. The van der Waals surface area contributed by atoms with Gasteiger partial charge in [0.15, 0.2) is 5.11 Å². The lowest BCUT2D eigenvalue weighted by Gasteiger charge is -2.25. The standard InChI is InChI=1S/C18H25N3O2S/c1-4-19-18(24)21(8-5-9-22)11-14-10-15-12(2)6-7-13(3)16(15)20-17(14)23/h6-7,10,22H,4-5,8-9,11H2,1-3H3,(H,19,24)(H,20,23). The first-order valence-corrected chi connectivity index (χ1v) is 8.64. The number of aryl methyl sites for hydroxylation is 2. The molecule has 0 fully saturated rings. The van der Waals surface area contributed by atoms with Crippen LogP contribution >= 0.6 is 12.2 Å². The van der Waals surface area contributed by atoms with Crippen LogP contribution in [0.15, 0.2) is 23.0 Å². The molecule has 1 aromatic carbocycles. The Kier molecular flexibility index (Phi) is 6.34. The number of aliphatic hydroxyl groups excluding tert-OH is 1. The fourth-order valence-corrected chi connectivity index (χ4v) is 3.02. The van der Waals surface area contributed by atoms with Gasteiger partial charge in [0.2, 0.25) is 0 Å². The molecule has 0 radical (unpaired) electrons. The first-order valence-electron chi connectivity index (χ1n) is 8.23. The molecule has 0 saturated heterocycles. The van der Waals surface area contributed by atoms with Gasteiger partial charge >= 0.3 is 0 Å². The second-order valence-corrected chi connectivity index (χ2v) is 6.33. The van der Waals surface area contributed by atoms with Gasteiger partial charge in [0.05, 0.1) is 12.1 Å². The van der Waals surface area contributed by atoms with E-state index in [0.717, 1.165) is 28.6 Å². The maximum absolute atomic E-state index is 12.5. The first-order chi connectivity index (χ1) is 11.5. The highest BCUT2D eigenvalue weighted by Crippen LogP contribution is 2.20. The van der Waals surface area contributed by atoms with E-state index >= 15 is 0 Å². The summed E-state index contributed by atoms with van der Waals surface area (Å²) >= 11 is 5.39. The van der Waals surface area contributed by atoms with Gasteiger partial charge in [-0.2, -0.15) is 0 Å². The summed E-state index contributed by atoms with van der Waals surface area (Å²) in [7, 11) is 0. The fourth-order valence-electron chi connectivity index (χ4n) is 2.72. The van der Waals surface area contributed by atoms with E-state index in [1.807, 2.05) is 37.8 Å². The van der Waals surface area contributed by atoms with Gasteiger partial charge in [-0.05, 0) is 56.6 Å². The summed E-state index contributed by atoms with van der Waals surface area (Å²) in [6.07, 6.45) is 0.606. The van der Waals surface area contributed by atoms with E-state index in [1.165, 1.54) is 0 Å². The molecule has 2 rings (SSSR count). The summed E-state index contributed by atoms with van der Waals surface area (Å²) in [6.45, 7) is 7.85. The van der Waals surface area contributed by atoms with Crippen LogP contribution in [0.3, 0.4) is 0 Å². The number of nitrogens with zero attached hydrogens (tertiary/aromatic N) is 1. The molecule has 3 N–H and O–H groups in total. The normalized spacial score (nSPS) is 10.8.